The van der Waals surface area contributed by atoms with Crippen molar-refractivity contribution in [3.8, 4) is 0 Å². The monoisotopic (exact) mass is 406 g/mol. The topological polar surface area (TPSA) is 71.7 Å². The third-order valence-electron chi connectivity index (χ3n) is 5.15. The van der Waals surface area contributed by atoms with Crippen LogP contribution in [-0.2, 0) is 11.3 Å². The van der Waals surface area contributed by atoms with Crippen molar-refractivity contribution in [2.24, 2.45) is 0 Å². The van der Waals surface area contributed by atoms with Gasteiger partial charge in [0, 0.05) is 32.4 Å². The molecule has 1 aliphatic rings. The molecular weight excluding hydrogens is 383 g/mol. The van der Waals surface area contributed by atoms with E-state index < -0.39 is 11.8 Å². The quantitative estimate of drug-likeness (QED) is 0.517. The summed E-state index contributed by atoms with van der Waals surface area (Å²) >= 11 is 0. The van der Waals surface area contributed by atoms with Gasteiger partial charge in [-0.05, 0) is 29.8 Å². The number of hydrogen-bond acceptors (Lipinski definition) is 6. The number of nitrogens with zero attached hydrogens (tertiary/aromatic N) is 3. The van der Waals surface area contributed by atoms with Gasteiger partial charge in [0.25, 0.3) is 0 Å². The summed E-state index contributed by atoms with van der Waals surface area (Å²) < 4.78 is 20.2. The largest absolute Gasteiger partial charge is 0.457 e. The molecule has 0 aliphatic carbocycles. The molecule has 0 amide bonds. The van der Waals surface area contributed by atoms with E-state index in [2.05, 4.69) is 9.88 Å². The summed E-state index contributed by atoms with van der Waals surface area (Å²) in [5.74, 6) is -1.12. The van der Waals surface area contributed by atoms with Crippen LogP contribution in [0.3, 0.4) is 0 Å². The van der Waals surface area contributed by atoms with E-state index in [-0.39, 0.29) is 17.9 Å². The lowest BCUT2D eigenvalue weighted by atomic mass is 10.1. The van der Waals surface area contributed by atoms with Crippen molar-refractivity contribution in [3.63, 3.8) is 0 Å². The van der Waals surface area contributed by atoms with Crippen LogP contribution in [0.1, 0.15) is 15.9 Å². The Hall–Kier alpha value is -3.61. The maximum absolute atomic E-state index is 14.9. The molecule has 0 spiro atoms. The zero-order valence-corrected chi connectivity index (χ0v) is 16.5. The predicted molar refractivity (Wildman–Crippen MR) is 115 cm³/mol. The standard InChI is InChI=1S/C23H23FN4O2/c24-20-13-18(23(29)30-16-17-5-2-1-3-6-17)14-21(25)22(20)28-11-9-27(10-12-28)19-7-4-8-26-15-19/h1-8,13-15H,9-12,16,25H2. The molecule has 3 aromatic rings. The molecule has 4 rings (SSSR count). The average Bonchev–Trinajstić information content (AvgIpc) is 2.79. The molecule has 0 saturated carbocycles. The van der Waals surface area contributed by atoms with Gasteiger partial charge in [-0.2, -0.15) is 0 Å². The van der Waals surface area contributed by atoms with E-state index in [1.165, 1.54) is 12.1 Å². The molecule has 7 heteroatoms. The summed E-state index contributed by atoms with van der Waals surface area (Å²) in [7, 11) is 0. The van der Waals surface area contributed by atoms with E-state index in [1.54, 1.807) is 6.20 Å². The van der Waals surface area contributed by atoms with Crippen LogP contribution < -0.4 is 15.5 Å². The summed E-state index contributed by atoms with van der Waals surface area (Å²) in [5, 5.41) is 0. The van der Waals surface area contributed by atoms with Gasteiger partial charge >= 0.3 is 5.97 Å². The van der Waals surface area contributed by atoms with Crippen LogP contribution in [0.4, 0.5) is 21.5 Å². The Morgan fingerprint density at radius 3 is 2.43 bits per heavy atom. The Labute approximate surface area is 174 Å². The second kappa shape index (κ2) is 8.82. The second-order valence-corrected chi connectivity index (χ2v) is 7.14. The number of hydrogen-bond donors (Lipinski definition) is 1. The Morgan fingerprint density at radius 1 is 1.03 bits per heavy atom. The maximum atomic E-state index is 14.9. The molecule has 1 aromatic heterocycles. The number of aromatic nitrogens is 1. The van der Waals surface area contributed by atoms with Gasteiger partial charge in [-0.25, -0.2) is 9.18 Å². The first-order chi connectivity index (χ1) is 14.6. The predicted octanol–water partition coefficient (Wildman–Crippen LogP) is 3.49. The highest BCUT2D eigenvalue weighted by molar-refractivity contribution is 5.92. The molecule has 0 radical (unpaired) electrons. The number of anilines is 3. The fraction of sp³-hybridized carbons (Fsp3) is 0.217. The van der Waals surface area contributed by atoms with Crippen molar-refractivity contribution in [1.82, 2.24) is 4.98 Å². The van der Waals surface area contributed by atoms with Crippen LogP contribution in [0.15, 0.2) is 67.0 Å². The zero-order valence-electron chi connectivity index (χ0n) is 16.5. The lowest BCUT2D eigenvalue weighted by molar-refractivity contribution is 0.0472. The average molecular weight is 406 g/mol. The zero-order chi connectivity index (χ0) is 20.9. The van der Waals surface area contributed by atoms with Gasteiger partial charge < -0.3 is 20.3 Å². The molecule has 1 fully saturated rings. The normalized spacial score (nSPS) is 13.9. The molecule has 6 nitrogen and oxygen atoms in total. The minimum absolute atomic E-state index is 0.110. The van der Waals surface area contributed by atoms with Gasteiger partial charge in [-0.1, -0.05) is 30.3 Å². The van der Waals surface area contributed by atoms with Gasteiger partial charge in [0.15, 0.2) is 0 Å². The number of carbonyl (C=O) groups excluding carboxylic acids is 1. The molecule has 2 aromatic carbocycles. The summed E-state index contributed by atoms with van der Waals surface area (Å²) in [5.41, 5.74) is 8.71. The van der Waals surface area contributed by atoms with E-state index >= 15 is 0 Å². The molecule has 1 saturated heterocycles. The highest BCUT2D eigenvalue weighted by atomic mass is 19.1. The van der Waals surface area contributed by atoms with Crippen LogP contribution >= 0.6 is 0 Å². The van der Waals surface area contributed by atoms with E-state index in [0.717, 1.165) is 24.3 Å². The Balaban J connectivity index is 1.42. The van der Waals surface area contributed by atoms with Crippen LogP contribution in [0.2, 0.25) is 0 Å². The third-order valence-corrected chi connectivity index (χ3v) is 5.15. The Morgan fingerprint density at radius 2 is 1.77 bits per heavy atom. The van der Waals surface area contributed by atoms with Crippen molar-refractivity contribution in [3.05, 3.63) is 83.9 Å². The molecular formula is C23H23FN4O2. The number of halogens is 1. The highest BCUT2D eigenvalue weighted by Gasteiger charge is 2.23. The number of piperazine rings is 1. The minimum Gasteiger partial charge on any atom is -0.457 e. The lowest BCUT2D eigenvalue weighted by Crippen LogP contribution is -2.47. The van der Waals surface area contributed by atoms with Gasteiger partial charge in [-0.15, -0.1) is 0 Å². The molecule has 0 bridgehead atoms. The summed E-state index contributed by atoms with van der Waals surface area (Å²) in [6, 6.07) is 15.9. The maximum Gasteiger partial charge on any atom is 0.338 e. The SMILES string of the molecule is Nc1cc(C(=O)OCc2ccccc2)cc(F)c1N1CCN(c2cccnc2)CC1. The van der Waals surface area contributed by atoms with E-state index in [4.69, 9.17) is 10.5 Å². The van der Waals surface area contributed by atoms with Gasteiger partial charge in [-0.3, -0.25) is 4.98 Å². The minimum atomic E-state index is -0.600. The fourth-order valence-corrected chi connectivity index (χ4v) is 3.61. The van der Waals surface area contributed by atoms with Gasteiger partial charge in [0.2, 0.25) is 0 Å². The summed E-state index contributed by atoms with van der Waals surface area (Å²) in [6.07, 6.45) is 3.56. The molecule has 1 aliphatic heterocycles. The number of nitrogen functional groups attached to an aromatic ring is 1. The second-order valence-electron chi connectivity index (χ2n) is 7.14. The van der Waals surface area contributed by atoms with E-state index in [0.29, 0.717) is 18.8 Å². The van der Waals surface area contributed by atoms with Gasteiger partial charge in [0.1, 0.15) is 12.4 Å². The number of ether oxygens (including phenoxy) is 1. The molecule has 0 atom stereocenters. The first kappa shape index (κ1) is 19.7. The molecule has 2 heterocycles. The molecule has 154 valence electrons. The Kier molecular flexibility index (Phi) is 5.79. The number of pyridine rings is 1. The number of esters is 1. The van der Waals surface area contributed by atoms with Crippen LogP contribution in [0.5, 0.6) is 0 Å². The van der Waals surface area contributed by atoms with Crippen LogP contribution in [0, 0.1) is 5.82 Å². The van der Waals surface area contributed by atoms with Crippen molar-refractivity contribution >= 4 is 23.0 Å². The number of nitrogens with two attached hydrogens (primary N) is 1. The molecule has 30 heavy (non-hydrogen) atoms. The molecule has 0 unspecified atom stereocenters. The first-order valence-electron chi connectivity index (χ1n) is 9.82. The lowest BCUT2D eigenvalue weighted by Gasteiger charge is -2.37. The summed E-state index contributed by atoms with van der Waals surface area (Å²) in [6.45, 7) is 2.82. The number of rotatable bonds is 5. The van der Waals surface area contributed by atoms with Gasteiger partial charge in [0.05, 0.1) is 28.8 Å². The third kappa shape index (κ3) is 4.35. The van der Waals surface area contributed by atoms with Crippen molar-refractivity contribution in [1.29, 1.82) is 0 Å². The Bertz CT molecular complexity index is 983. The van der Waals surface area contributed by atoms with E-state index in [9.17, 15) is 9.18 Å². The van der Waals surface area contributed by atoms with Crippen molar-refractivity contribution in [2.75, 3.05) is 41.7 Å². The highest BCUT2D eigenvalue weighted by Crippen LogP contribution is 2.30. The van der Waals surface area contributed by atoms with Crippen molar-refractivity contribution in [2.45, 2.75) is 6.61 Å². The van der Waals surface area contributed by atoms with Crippen LogP contribution in [-0.4, -0.2) is 37.1 Å². The fourth-order valence-electron chi connectivity index (χ4n) is 3.61. The van der Waals surface area contributed by atoms with Crippen LogP contribution in [0.25, 0.3) is 0 Å². The van der Waals surface area contributed by atoms with E-state index in [1.807, 2.05) is 53.6 Å². The number of benzene rings is 2. The smallest absolute Gasteiger partial charge is 0.338 e. The number of carbonyl (C=O) groups is 1. The molecule has 2 N–H and O–H groups in total. The first-order valence-corrected chi connectivity index (χ1v) is 9.82. The summed E-state index contributed by atoms with van der Waals surface area (Å²) in [4.78, 5) is 20.6. The van der Waals surface area contributed by atoms with Crippen molar-refractivity contribution < 1.29 is 13.9 Å².